The largest absolute Gasteiger partial charge is 0.392 e. The molecule has 6 nitrogen and oxygen atoms in total. The summed E-state index contributed by atoms with van der Waals surface area (Å²) < 4.78 is 25.9. The number of thiocarbonyl (C=S) groups is 1. The number of carbonyl (C=O) groups is 1. The maximum atomic E-state index is 12.3. The fourth-order valence-corrected chi connectivity index (χ4v) is 4.26. The average Bonchev–Trinajstić information content (AvgIpc) is 2.69. The Morgan fingerprint density at radius 3 is 2.78 bits per heavy atom. The fraction of sp³-hybridized carbons (Fsp3) is 0.800. The smallest absolute Gasteiger partial charge is 0.223 e. The molecule has 0 aromatic rings. The second kappa shape index (κ2) is 4.75. The molecule has 0 aromatic heterocycles. The van der Waals surface area contributed by atoms with Crippen LogP contribution in [0.25, 0.3) is 0 Å². The van der Waals surface area contributed by atoms with E-state index in [0.29, 0.717) is 26.1 Å². The van der Waals surface area contributed by atoms with Gasteiger partial charge in [0.05, 0.1) is 4.99 Å². The number of piperazine rings is 1. The first kappa shape index (κ1) is 13.7. The predicted octanol–water partition coefficient (Wildman–Crippen LogP) is -0.703. The third kappa shape index (κ3) is 2.24. The number of rotatable bonds is 3. The van der Waals surface area contributed by atoms with Crippen LogP contribution in [0.2, 0.25) is 0 Å². The summed E-state index contributed by atoms with van der Waals surface area (Å²) in [5.74, 6) is 0.124. The lowest BCUT2D eigenvalue weighted by Crippen LogP contribution is -2.55. The fourth-order valence-electron chi connectivity index (χ4n) is 2.44. The lowest BCUT2D eigenvalue weighted by Gasteiger charge is -2.37. The van der Waals surface area contributed by atoms with Gasteiger partial charge in [-0.1, -0.05) is 12.2 Å². The summed E-state index contributed by atoms with van der Waals surface area (Å²) in [5, 5.41) is -0.851. The van der Waals surface area contributed by atoms with Crippen molar-refractivity contribution in [3.05, 3.63) is 0 Å². The molecule has 2 aliphatic rings. The highest BCUT2D eigenvalue weighted by atomic mass is 32.2. The highest BCUT2D eigenvalue weighted by Crippen LogP contribution is 2.25. The molecule has 8 heteroatoms. The molecule has 0 radical (unpaired) electrons. The Morgan fingerprint density at radius 1 is 1.50 bits per heavy atom. The minimum atomic E-state index is -3.49. The zero-order valence-electron chi connectivity index (χ0n) is 10.2. The van der Waals surface area contributed by atoms with Gasteiger partial charge in [-0.3, -0.25) is 4.79 Å². The molecular formula is C10H17N3O3S2. The molecule has 2 saturated heterocycles. The maximum Gasteiger partial charge on any atom is 0.223 e. The van der Waals surface area contributed by atoms with Gasteiger partial charge in [0, 0.05) is 32.1 Å². The van der Waals surface area contributed by atoms with Gasteiger partial charge in [-0.25, -0.2) is 8.42 Å². The maximum absolute atomic E-state index is 12.3. The second-order valence-corrected chi connectivity index (χ2v) is 7.45. The van der Waals surface area contributed by atoms with E-state index in [1.165, 1.54) is 11.2 Å². The van der Waals surface area contributed by atoms with Crippen LogP contribution in [-0.4, -0.2) is 59.4 Å². The Labute approximate surface area is 112 Å². The third-order valence-electron chi connectivity index (χ3n) is 3.66. The zero-order chi connectivity index (χ0) is 13.5. The van der Waals surface area contributed by atoms with E-state index in [2.05, 4.69) is 0 Å². The monoisotopic (exact) mass is 291 g/mol. The lowest BCUT2D eigenvalue weighted by molar-refractivity contribution is -0.130. The number of sulfonamides is 1. The molecule has 102 valence electrons. The van der Waals surface area contributed by atoms with Crippen molar-refractivity contribution >= 4 is 33.1 Å². The van der Waals surface area contributed by atoms with Crippen LogP contribution >= 0.6 is 12.2 Å². The van der Waals surface area contributed by atoms with Crippen molar-refractivity contribution in [3.8, 4) is 0 Å². The minimum Gasteiger partial charge on any atom is -0.392 e. The van der Waals surface area contributed by atoms with Crippen molar-refractivity contribution in [2.24, 2.45) is 5.73 Å². The topological polar surface area (TPSA) is 83.7 Å². The predicted molar refractivity (Wildman–Crippen MR) is 71.5 cm³/mol. The number of nitrogens with two attached hydrogens (primary N) is 1. The standard InChI is InChI=1S/C10H17N3O3S2/c1-7(10(11)17)18(15,16)12-4-5-13-8(6-12)2-3-9(13)14/h7-8H,2-6H2,1H3,(H2,11,17). The van der Waals surface area contributed by atoms with Crippen molar-refractivity contribution in [3.63, 3.8) is 0 Å². The average molecular weight is 291 g/mol. The van der Waals surface area contributed by atoms with E-state index in [-0.39, 0.29) is 16.9 Å². The van der Waals surface area contributed by atoms with E-state index in [0.717, 1.165) is 6.42 Å². The van der Waals surface area contributed by atoms with Crippen molar-refractivity contribution in [2.75, 3.05) is 19.6 Å². The van der Waals surface area contributed by atoms with E-state index in [9.17, 15) is 13.2 Å². The molecule has 2 aliphatic heterocycles. The van der Waals surface area contributed by atoms with Gasteiger partial charge >= 0.3 is 0 Å². The van der Waals surface area contributed by atoms with E-state index in [4.69, 9.17) is 18.0 Å². The van der Waals surface area contributed by atoms with E-state index in [1.54, 1.807) is 4.90 Å². The van der Waals surface area contributed by atoms with E-state index in [1.807, 2.05) is 0 Å². The minimum absolute atomic E-state index is 0.0135. The molecule has 2 N–H and O–H groups in total. The normalized spacial score (nSPS) is 27.1. The van der Waals surface area contributed by atoms with E-state index >= 15 is 0 Å². The Bertz CT molecular complexity index is 477. The molecule has 1 amide bonds. The summed E-state index contributed by atoms with van der Waals surface area (Å²) in [6.07, 6.45) is 1.25. The van der Waals surface area contributed by atoms with Gasteiger partial charge in [0.1, 0.15) is 5.25 Å². The van der Waals surface area contributed by atoms with Gasteiger partial charge < -0.3 is 10.6 Å². The zero-order valence-corrected chi connectivity index (χ0v) is 11.8. The number of hydrogen-bond acceptors (Lipinski definition) is 4. The molecule has 2 heterocycles. The Hall–Kier alpha value is -0.730. The van der Waals surface area contributed by atoms with Gasteiger partial charge in [-0.2, -0.15) is 4.31 Å². The molecule has 0 bridgehead atoms. The molecule has 2 fully saturated rings. The van der Waals surface area contributed by atoms with Crippen molar-refractivity contribution in [1.29, 1.82) is 0 Å². The molecule has 2 unspecified atom stereocenters. The Morgan fingerprint density at radius 2 is 2.17 bits per heavy atom. The van der Waals surface area contributed by atoms with Crippen molar-refractivity contribution < 1.29 is 13.2 Å². The van der Waals surface area contributed by atoms with Crippen LogP contribution in [0.3, 0.4) is 0 Å². The van der Waals surface area contributed by atoms with Gasteiger partial charge in [-0.05, 0) is 13.3 Å². The molecular weight excluding hydrogens is 274 g/mol. The molecule has 0 aromatic carbocycles. The number of nitrogens with zero attached hydrogens (tertiary/aromatic N) is 2. The number of fused-ring (bicyclic) bond motifs is 1. The number of amides is 1. The quantitative estimate of drug-likeness (QED) is 0.695. The van der Waals surface area contributed by atoms with E-state index < -0.39 is 15.3 Å². The van der Waals surface area contributed by atoms with Gasteiger partial charge in [0.2, 0.25) is 15.9 Å². The third-order valence-corrected chi connectivity index (χ3v) is 6.37. The van der Waals surface area contributed by atoms with Gasteiger partial charge in [0.25, 0.3) is 0 Å². The first-order valence-electron chi connectivity index (χ1n) is 5.92. The molecule has 2 rings (SSSR count). The summed E-state index contributed by atoms with van der Waals surface area (Å²) in [5.41, 5.74) is 5.42. The van der Waals surface area contributed by atoms with Crippen LogP contribution in [0.4, 0.5) is 0 Å². The molecule has 0 saturated carbocycles. The van der Waals surface area contributed by atoms with Crippen LogP contribution in [0.15, 0.2) is 0 Å². The molecule has 0 spiro atoms. The molecule has 0 aliphatic carbocycles. The summed E-state index contributed by atoms with van der Waals surface area (Å²) in [6, 6.07) is 0.0135. The summed E-state index contributed by atoms with van der Waals surface area (Å²) >= 11 is 4.76. The Kier molecular flexibility index (Phi) is 3.61. The summed E-state index contributed by atoms with van der Waals surface area (Å²) in [4.78, 5) is 13.3. The highest BCUT2D eigenvalue weighted by Gasteiger charge is 2.41. The summed E-state index contributed by atoms with van der Waals surface area (Å²) in [6.45, 7) is 2.66. The van der Waals surface area contributed by atoms with Crippen molar-refractivity contribution in [1.82, 2.24) is 9.21 Å². The van der Waals surface area contributed by atoms with Gasteiger partial charge in [0.15, 0.2) is 0 Å². The molecule has 18 heavy (non-hydrogen) atoms. The van der Waals surface area contributed by atoms with Gasteiger partial charge in [-0.15, -0.1) is 0 Å². The molecule has 2 atom stereocenters. The number of carbonyl (C=O) groups excluding carboxylic acids is 1. The number of hydrogen-bond donors (Lipinski definition) is 1. The first-order chi connectivity index (χ1) is 8.34. The van der Waals surface area contributed by atoms with Crippen LogP contribution in [0.1, 0.15) is 19.8 Å². The van der Waals surface area contributed by atoms with Crippen LogP contribution in [-0.2, 0) is 14.8 Å². The SMILES string of the molecule is CC(C(N)=S)S(=O)(=O)N1CCN2C(=O)CCC2C1. The summed E-state index contributed by atoms with van der Waals surface area (Å²) in [7, 11) is -3.49. The van der Waals surface area contributed by atoms with Crippen LogP contribution in [0.5, 0.6) is 0 Å². The van der Waals surface area contributed by atoms with Crippen LogP contribution in [0, 0.1) is 0 Å². The van der Waals surface area contributed by atoms with Crippen LogP contribution < -0.4 is 5.73 Å². The lowest BCUT2D eigenvalue weighted by atomic mass is 10.2. The highest BCUT2D eigenvalue weighted by molar-refractivity contribution is 7.92. The van der Waals surface area contributed by atoms with Crippen molar-refractivity contribution in [2.45, 2.75) is 31.1 Å². The first-order valence-corrected chi connectivity index (χ1v) is 7.83. The second-order valence-electron chi connectivity index (χ2n) is 4.73. The Balaban J connectivity index is 2.13.